The van der Waals surface area contributed by atoms with Gasteiger partial charge in [-0.1, -0.05) is 0 Å². The maximum absolute atomic E-state index is 10.6. The normalized spacial score (nSPS) is 13.7. The van der Waals surface area contributed by atoms with E-state index in [4.69, 9.17) is 10.5 Å². The number of ether oxygens (including phenoxy) is 1. The number of hydrogen-bond donors (Lipinski definition) is 2. The average molecular weight is 302 g/mol. The van der Waals surface area contributed by atoms with Crippen LogP contribution >= 0.6 is 0 Å². The number of rotatable bonds is 12. The molecule has 0 aromatic rings. The number of carbonyl (C=O) groups excluding carboxylic acids is 1. The molecule has 0 aliphatic rings. The third-order valence-corrected chi connectivity index (χ3v) is 3.13. The first-order chi connectivity index (χ1) is 9.78. The molecule has 0 aromatic heterocycles. The van der Waals surface area contributed by atoms with Gasteiger partial charge in [0.15, 0.2) is 0 Å². The van der Waals surface area contributed by atoms with E-state index in [0.29, 0.717) is 6.41 Å². The molecule has 1 amide bonds. The van der Waals surface area contributed by atoms with Gasteiger partial charge in [0.1, 0.15) is 6.23 Å². The lowest BCUT2D eigenvalue weighted by atomic mass is 10.2. The van der Waals surface area contributed by atoms with E-state index >= 15 is 0 Å². The van der Waals surface area contributed by atoms with Crippen molar-refractivity contribution in [1.82, 2.24) is 15.1 Å². The van der Waals surface area contributed by atoms with Crippen molar-refractivity contribution in [3.05, 3.63) is 0 Å². The summed E-state index contributed by atoms with van der Waals surface area (Å²) in [6.45, 7) is 10.6. The number of nitrogens with one attached hydrogen (secondary N) is 1. The Bertz CT molecular complexity index is 269. The number of nitrogens with two attached hydrogens (primary N) is 1. The smallest absolute Gasteiger partial charge is 0.209 e. The Morgan fingerprint density at radius 2 is 1.71 bits per heavy atom. The van der Waals surface area contributed by atoms with E-state index in [2.05, 4.69) is 29.2 Å². The van der Waals surface area contributed by atoms with Gasteiger partial charge in [0.25, 0.3) is 0 Å². The highest BCUT2D eigenvalue weighted by atomic mass is 16.5. The van der Waals surface area contributed by atoms with Crippen molar-refractivity contribution in [3.8, 4) is 0 Å². The third kappa shape index (κ3) is 12.7. The van der Waals surface area contributed by atoms with Gasteiger partial charge in [0.05, 0.1) is 5.60 Å². The fraction of sp³-hybridized carbons (Fsp3) is 0.933. The van der Waals surface area contributed by atoms with E-state index in [-0.39, 0.29) is 11.8 Å². The quantitative estimate of drug-likeness (QED) is 0.405. The van der Waals surface area contributed by atoms with Crippen LogP contribution in [0.3, 0.4) is 0 Å². The Labute approximate surface area is 130 Å². The molecule has 6 nitrogen and oxygen atoms in total. The summed E-state index contributed by atoms with van der Waals surface area (Å²) in [5.74, 6) is 0. The molecule has 6 heteroatoms. The van der Waals surface area contributed by atoms with Crippen molar-refractivity contribution in [2.45, 2.75) is 45.4 Å². The minimum absolute atomic E-state index is 0.236. The molecule has 0 aliphatic carbocycles. The largest absolute Gasteiger partial charge is 0.353 e. The second-order valence-corrected chi connectivity index (χ2v) is 6.54. The molecule has 1 atom stereocenters. The second-order valence-electron chi connectivity index (χ2n) is 6.54. The van der Waals surface area contributed by atoms with Crippen molar-refractivity contribution in [2.75, 3.05) is 46.8 Å². The predicted molar refractivity (Wildman–Crippen MR) is 87.1 cm³/mol. The molecule has 3 N–H and O–H groups in total. The monoisotopic (exact) mass is 302 g/mol. The highest BCUT2D eigenvalue weighted by molar-refractivity contribution is 5.46. The van der Waals surface area contributed by atoms with E-state index in [1.165, 1.54) is 0 Å². The summed E-state index contributed by atoms with van der Waals surface area (Å²) < 4.78 is 5.81. The summed E-state index contributed by atoms with van der Waals surface area (Å²) in [6, 6.07) is 0. The maximum atomic E-state index is 10.6. The molecular weight excluding hydrogens is 268 g/mol. The van der Waals surface area contributed by atoms with Crippen molar-refractivity contribution < 1.29 is 9.53 Å². The lowest BCUT2D eigenvalue weighted by Crippen LogP contribution is -2.40. The van der Waals surface area contributed by atoms with Crippen LogP contribution < -0.4 is 11.1 Å². The van der Waals surface area contributed by atoms with Crippen molar-refractivity contribution in [2.24, 2.45) is 5.73 Å². The van der Waals surface area contributed by atoms with Crippen LogP contribution in [0.1, 0.15) is 33.6 Å². The minimum Gasteiger partial charge on any atom is -0.353 e. The van der Waals surface area contributed by atoms with Crippen molar-refractivity contribution in [1.29, 1.82) is 0 Å². The topological polar surface area (TPSA) is 70.8 Å². The van der Waals surface area contributed by atoms with Crippen molar-refractivity contribution >= 4 is 6.41 Å². The molecule has 0 rings (SSSR count). The number of nitrogens with zero attached hydrogens (tertiary/aromatic N) is 2. The van der Waals surface area contributed by atoms with E-state index in [0.717, 1.165) is 45.6 Å². The Hall–Kier alpha value is -0.690. The minimum atomic E-state index is -0.262. The molecule has 0 heterocycles. The zero-order valence-corrected chi connectivity index (χ0v) is 14.4. The third-order valence-electron chi connectivity index (χ3n) is 3.13. The summed E-state index contributed by atoms with van der Waals surface area (Å²) in [6.07, 6.45) is 2.28. The molecule has 0 fully saturated rings. The maximum Gasteiger partial charge on any atom is 0.209 e. The first-order valence-corrected chi connectivity index (χ1v) is 7.73. The summed E-state index contributed by atoms with van der Waals surface area (Å²) in [5, 5.41) is 2.73. The zero-order valence-electron chi connectivity index (χ0n) is 14.4. The van der Waals surface area contributed by atoms with Gasteiger partial charge in [-0.2, -0.15) is 0 Å². The lowest BCUT2D eigenvalue weighted by molar-refractivity contribution is -0.120. The lowest BCUT2D eigenvalue weighted by Gasteiger charge is -2.29. The molecule has 0 saturated heterocycles. The Kier molecular flexibility index (Phi) is 10.6. The average Bonchev–Trinajstić information content (AvgIpc) is 2.38. The molecule has 0 radical (unpaired) electrons. The van der Waals surface area contributed by atoms with Gasteiger partial charge in [-0.3, -0.25) is 4.79 Å². The predicted octanol–water partition coefficient (Wildman–Crippen LogP) is 0.476. The van der Waals surface area contributed by atoms with Crippen molar-refractivity contribution in [3.63, 3.8) is 0 Å². The zero-order chi connectivity index (χ0) is 16.3. The fourth-order valence-corrected chi connectivity index (χ4v) is 1.94. The van der Waals surface area contributed by atoms with Crippen LogP contribution in [-0.4, -0.2) is 74.9 Å². The summed E-state index contributed by atoms with van der Waals surface area (Å²) >= 11 is 0. The van der Waals surface area contributed by atoms with Gasteiger partial charge in [-0.05, 0) is 54.4 Å². The van der Waals surface area contributed by atoms with Crippen LogP contribution in [-0.2, 0) is 9.53 Å². The SMILES string of the molecule is CN(CCCN)CCN(C)CCC(NC=O)OC(C)(C)C. The number of hydrogen-bond acceptors (Lipinski definition) is 5. The molecule has 126 valence electrons. The van der Waals surface area contributed by atoms with E-state index in [9.17, 15) is 4.79 Å². The van der Waals surface area contributed by atoms with Crippen LogP contribution in [0.5, 0.6) is 0 Å². The highest BCUT2D eigenvalue weighted by Crippen LogP contribution is 2.11. The first kappa shape index (κ1) is 20.3. The molecule has 0 saturated carbocycles. The Morgan fingerprint density at radius 3 is 2.19 bits per heavy atom. The van der Waals surface area contributed by atoms with Gasteiger partial charge in [0.2, 0.25) is 6.41 Å². The molecule has 1 unspecified atom stereocenters. The molecule has 0 spiro atoms. The Morgan fingerprint density at radius 1 is 1.14 bits per heavy atom. The van der Waals surface area contributed by atoms with Crippen LogP contribution in [0.25, 0.3) is 0 Å². The van der Waals surface area contributed by atoms with Crippen LogP contribution in [0.2, 0.25) is 0 Å². The standard InChI is InChI=1S/C15H34N4O2/c1-15(2,3)21-14(17-13-20)7-10-19(5)12-11-18(4)9-6-8-16/h13-14H,6-12,16H2,1-5H3,(H,17,20). The first-order valence-electron chi connectivity index (χ1n) is 7.73. The molecular formula is C15H34N4O2. The van der Waals surface area contributed by atoms with Gasteiger partial charge in [0, 0.05) is 26.1 Å². The van der Waals surface area contributed by atoms with E-state index < -0.39 is 0 Å². The second kappa shape index (κ2) is 11.0. The highest BCUT2D eigenvalue weighted by Gasteiger charge is 2.18. The van der Waals surface area contributed by atoms with Crippen LogP contribution in [0, 0.1) is 0 Å². The fourth-order valence-electron chi connectivity index (χ4n) is 1.94. The summed E-state index contributed by atoms with van der Waals surface area (Å²) in [7, 11) is 4.20. The molecule has 0 bridgehead atoms. The van der Waals surface area contributed by atoms with Gasteiger partial charge < -0.3 is 25.6 Å². The molecule has 0 aromatic carbocycles. The summed E-state index contributed by atoms with van der Waals surface area (Å²) in [5.41, 5.74) is 5.24. The van der Waals surface area contributed by atoms with Crippen LogP contribution in [0.4, 0.5) is 0 Å². The molecule has 21 heavy (non-hydrogen) atoms. The molecule has 0 aliphatic heterocycles. The summed E-state index contributed by atoms with van der Waals surface area (Å²) in [4.78, 5) is 15.2. The number of amides is 1. The number of likely N-dealkylation sites (N-methyl/N-ethyl adjacent to an activating group) is 2. The van der Waals surface area contributed by atoms with E-state index in [1.807, 2.05) is 20.8 Å². The van der Waals surface area contributed by atoms with Crippen LogP contribution in [0.15, 0.2) is 0 Å². The van der Waals surface area contributed by atoms with E-state index in [1.54, 1.807) is 0 Å². The number of carbonyl (C=O) groups is 1. The van der Waals surface area contributed by atoms with Gasteiger partial charge in [-0.25, -0.2) is 0 Å². The van der Waals surface area contributed by atoms with Gasteiger partial charge in [-0.15, -0.1) is 0 Å². The van der Waals surface area contributed by atoms with Gasteiger partial charge >= 0.3 is 0 Å². The Balaban J connectivity index is 3.96.